The molecule has 0 unspecified atom stereocenters. The van der Waals surface area contributed by atoms with Gasteiger partial charge in [-0.15, -0.1) is 0 Å². The van der Waals surface area contributed by atoms with Crippen LogP contribution in [0, 0.1) is 18.3 Å². The molecule has 1 aromatic rings. The summed E-state index contributed by atoms with van der Waals surface area (Å²) in [6.07, 6.45) is 0. The van der Waals surface area contributed by atoms with Gasteiger partial charge in [0.05, 0.1) is 18.4 Å². The molecule has 1 aromatic carbocycles. The van der Waals surface area contributed by atoms with E-state index in [-0.39, 0.29) is 12.5 Å². The number of ether oxygens (including phenoxy) is 1. The molecule has 0 aliphatic heterocycles. The number of aryl methyl sites for hydroxylation is 1. The van der Waals surface area contributed by atoms with Gasteiger partial charge in [0.15, 0.2) is 0 Å². The highest BCUT2D eigenvalue weighted by Gasteiger charge is 2.11. The van der Waals surface area contributed by atoms with Gasteiger partial charge < -0.3 is 9.64 Å². The van der Waals surface area contributed by atoms with Gasteiger partial charge in [0.1, 0.15) is 12.6 Å². The average Bonchev–Trinajstić information content (AvgIpc) is 2.28. The minimum Gasteiger partial charge on any atom is -0.468 e. The van der Waals surface area contributed by atoms with Crippen LogP contribution in [0.2, 0.25) is 0 Å². The number of rotatable bonds is 3. The average molecular weight is 218 g/mol. The molecule has 0 N–H and O–H groups in total. The molecule has 84 valence electrons. The lowest BCUT2D eigenvalue weighted by atomic mass is 10.1. The second-order valence-corrected chi connectivity index (χ2v) is 3.56. The molecule has 0 atom stereocenters. The SMILES string of the molecule is COC(=O)CN(C)c1ccc(C)cc1C#N. The third-order valence-electron chi connectivity index (χ3n) is 2.28. The lowest BCUT2D eigenvalue weighted by Gasteiger charge is -2.19. The summed E-state index contributed by atoms with van der Waals surface area (Å²) in [5.41, 5.74) is 2.32. The molecule has 0 amide bonds. The maximum atomic E-state index is 11.1. The van der Waals surface area contributed by atoms with E-state index in [1.165, 1.54) is 7.11 Å². The Morgan fingerprint density at radius 2 is 2.25 bits per heavy atom. The van der Waals surface area contributed by atoms with E-state index in [2.05, 4.69) is 10.8 Å². The molecule has 1 rings (SSSR count). The molecule has 0 aliphatic rings. The van der Waals surface area contributed by atoms with Crippen molar-refractivity contribution in [2.45, 2.75) is 6.92 Å². The van der Waals surface area contributed by atoms with E-state index >= 15 is 0 Å². The third kappa shape index (κ3) is 2.74. The quantitative estimate of drug-likeness (QED) is 0.721. The van der Waals surface area contributed by atoms with Gasteiger partial charge in [-0.25, -0.2) is 0 Å². The van der Waals surface area contributed by atoms with Crippen LogP contribution >= 0.6 is 0 Å². The summed E-state index contributed by atoms with van der Waals surface area (Å²) in [6, 6.07) is 7.65. The Bertz CT molecular complexity index is 435. The largest absolute Gasteiger partial charge is 0.468 e. The van der Waals surface area contributed by atoms with Crippen molar-refractivity contribution >= 4 is 11.7 Å². The highest BCUT2D eigenvalue weighted by Crippen LogP contribution is 2.19. The van der Waals surface area contributed by atoms with E-state index < -0.39 is 0 Å². The summed E-state index contributed by atoms with van der Waals surface area (Å²) >= 11 is 0. The Kier molecular flexibility index (Phi) is 3.90. The fourth-order valence-electron chi connectivity index (χ4n) is 1.42. The number of nitriles is 1. The molecule has 4 heteroatoms. The van der Waals surface area contributed by atoms with Gasteiger partial charge in [-0.3, -0.25) is 4.79 Å². The minimum absolute atomic E-state index is 0.133. The lowest BCUT2D eigenvalue weighted by molar-refractivity contribution is -0.138. The van der Waals surface area contributed by atoms with E-state index in [4.69, 9.17) is 5.26 Å². The standard InChI is InChI=1S/C12H14N2O2/c1-9-4-5-11(10(6-9)7-13)14(2)8-12(15)16-3/h4-6H,8H2,1-3H3. The zero-order chi connectivity index (χ0) is 12.1. The fraction of sp³-hybridized carbons (Fsp3) is 0.333. The second kappa shape index (κ2) is 5.17. The van der Waals surface area contributed by atoms with Gasteiger partial charge in [0.2, 0.25) is 0 Å². The Morgan fingerprint density at radius 1 is 1.56 bits per heavy atom. The van der Waals surface area contributed by atoms with Crippen molar-refractivity contribution in [3.05, 3.63) is 29.3 Å². The number of nitrogens with zero attached hydrogens (tertiary/aromatic N) is 2. The van der Waals surface area contributed by atoms with E-state index in [9.17, 15) is 4.79 Å². The van der Waals surface area contributed by atoms with Crippen LogP contribution in [-0.2, 0) is 9.53 Å². The topological polar surface area (TPSA) is 53.3 Å². The molecule has 0 radical (unpaired) electrons. The lowest BCUT2D eigenvalue weighted by Crippen LogP contribution is -2.27. The first-order valence-corrected chi connectivity index (χ1v) is 4.87. The molecular formula is C12H14N2O2. The first-order chi connectivity index (χ1) is 7.58. The van der Waals surface area contributed by atoms with E-state index in [0.717, 1.165) is 11.3 Å². The van der Waals surface area contributed by atoms with Gasteiger partial charge in [0.25, 0.3) is 0 Å². The van der Waals surface area contributed by atoms with Crippen LogP contribution in [0.1, 0.15) is 11.1 Å². The number of esters is 1. The number of likely N-dealkylation sites (N-methyl/N-ethyl adjacent to an activating group) is 1. The molecule has 0 fully saturated rings. The van der Waals surface area contributed by atoms with Crippen LogP contribution in [0.5, 0.6) is 0 Å². The summed E-state index contributed by atoms with van der Waals surface area (Å²) in [5, 5.41) is 8.99. The number of carbonyl (C=O) groups is 1. The third-order valence-corrected chi connectivity index (χ3v) is 2.28. The van der Waals surface area contributed by atoms with Crippen molar-refractivity contribution in [2.24, 2.45) is 0 Å². The summed E-state index contributed by atoms with van der Waals surface area (Å²) in [4.78, 5) is 12.8. The first kappa shape index (κ1) is 12.1. The molecule has 4 nitrogen and oxygen atoms in total. The fourth-order valence-corrected chi connectivity index (χ4v) is 1.42. The number of anilines is 1. The van der Waals surface area contributed by atoms with Crippen LogP contribution in [0.15, 0.2) is 18.2 Å². The van der Waals surface area contributed by atoms with Crippen molar-refractivity contribution in [3.63, 3.8) is 0 Å². The van der Waals surface area contributed by atoms with Gasteiger partial charge in [-0.05, 0) is 24.6 Å². The van der Waals surface area contributed by atoms with Crippen LogP contribution in [0.4, 0.5) is 5.69 Å². The normalized spacial score (nSPS) is 9.38. The second-order valence-electron chi connectivity index (χ2n) is 3.56. The summed E-state index contributed by atoms with van der Waals surface area (Å²) in [7, 11) is 3.10. The molecule has 0 saturated heterocycles. The maximum absolute atomic E-state index is 11.1. The smallest absolute Gasteiger partial charge is 0.325 e. The highest BCUT2D eigenvalue weighted by atomic mass is 16.5. The predicted octanol–water partition coefficient (Wildman–Crippen LogP) is 1.48. The van der Waals surface area contributed by atoms with Crippen LogP contribution < -0.4 is 4.90 Å². The minimum atomic E-state index is -0.327. The summed E-state index contributed by atoms with van der Waals surface area (Å²) in [6.45, 7) is 2.05. The first-order valence-electron chi connectivity index (χ1n) is 4.87. The van der Waals surface area contributed by atoms with E-state index in [1.807, 2.05) is 19.1 Å². The van der Waals surface area contributed by atoms with Crippen molar-refractivity contribution in [1.29, 1.82) is 5.26 Å². The number of hydrogen-bond donors (Lipinski definition) is 0. The molecule has 0 spiro atoms. The van der Waals surface area contributed by atoms with Crippen molar-refractivity contribution in [2.75, 3.05) is 25.6 Å². The molecule has 16 heavy (non-hydrogen) atoms. The van der Waals surface area contributed by atoms with E-state index in [1.54, 1.807) is 18.0 Å². The Balaban J connectivity index is 2.95. The van der Waals surface area contributed by atoms with Gasteiger partial charge in [-0.1, -0.05) is 6.07 Å². The van der Waals surface area contributed by atoms with Gasteiger partial charge >= 0.3 is 5.97 Å². The van der Waals surface area contributed by atoms with E-state index in [0.29, 0.717) is 5.56 Å². The van der Waals surface area contributed by atoms with Crippen molar-refractivity contribution < 1.29 is 9.53 Å². The zero-order valence-electron chi connectivity index (χ0n) is 9.65. The number of benzene rings is 1. The molecule has 0 heterocycles. The molecular weight excluding hydrogens is 204 g/mol. The molecule has 0 bridgehead atoms. The monoisotopic (exact) mass is 218 g/mol. The number of carbonyl (C=O) groups excluding carboxylic acids is 1. The van der Waals surface area contributed by atoms with Gasteiger partial charge in [-0.2, -0.15) is 5.26 Å². The maximum Gasteiger partial charge on any atom is 0.325 e. The number of hydrogen-bond acceptors (Lipinski definition) is 4. The predicted molar refractivity (Wildman–Crippen MR) is 61.2 cm³/mol. The molecule has 0 aliphatic carbocycles. The van der Waals surface area contributed by atoms with Crippen LogP contribution in [0.25, 0.3) is 0 Å². The number of methoxy groups -OCH3 is 1. The van der Waals surface area contributed by atoms with Crippen molar-refractivity contribution in [1.82, 2.24) is 0 Å². The Hall–Kier alpha value is -2.02. The summed E-state index contributed by atoms with van der Waals surface area (Å²) in [5.74, 6) is -0.327. The van der Waals surface area contributed by atoms with Crippen LogP contribution in [-0.4, -0.2) is 26.7 Å². The zero-order valence-corrected chi connectivity index (χ0v) is 9.65. The summed E-state index contributed by atoms with van der Waals surface area (Å²) < 4.78 is 4.58. The Morgan fingerprint density at radius 3 is 2.81 bits per heavy atom. The van der Waals surface area contributed by atoms with Crippen LogP contribution in [0.3, 0.4) is 0 Å². The highest BCUT2D eigenvalue weighted by molar-refractivity contribution is 5.76. The van der Waals surface area contributed by atoms with Gasteiger partial charge in [0, 0.05) is 7.05 Å². The molecule has 0 aromatic heterocycles. The Labute approximate surface area is 95.0 Å². The molecule has 0 saturated carbocycles. The van der Waals surface area contributed by atoms with Crippen molar-refractivity contribution in [3.8, 4) is 6.07 Å².